The minimum absolute atomic E-state index is 0.0883. The minimum atomic E-state index is -2.15. The van der Waals surface area contributed by atoms with E-state index in [2.05, 4.69) is 0 Å². The Morgan fingerprint density at radius 1 is 0.812 bits per heavy atom. The molecular formula is C38H29Cl2FN2O5. The van der Waals surface area contributed by atoms with E-state index in [1.165, 1.54) is 23.1 Å². The zero-order valence-electron chi connectivity index (χ0n) is 25.7. The maximum Gasteiger partial charge on any atom is 0.258 e. The fraction of sp³-hybridized carbons (Fsp3) is 0.263. The molecule has 0 radical (unpaired) electrons. The van der Waals surface area contributed by atoms with E-state index in [9.17, 15) is 28.7 Å². The molecule has 0 bridgehead atoms. The van der Waals surface area contributed by atoms with Crippen molar-refractivity contribution in [1.29, 1.82) is 0 Å². The topological polar surface area (TPSA) is 95.0 Å². The van der Waals surface area contributed by atoms with E-state index in [1.807, 2.05) is 37.3 Å². The first kappa shape index (κ1) is 30.8. The van der Waals surface area contributed by atoms with Gasteiger partial charge in [-0.1, -0.05) is 61.0 Å². The zero-order valence-corrected chi connectivity index (χ0v) is 27.2. The molecule has 6 atom stereocenters. The summed E-state index contributed by atoms with van der Waals surface area (Å²) >= 11 is 15.0. The van der Waals surface area contributed by atoms with Crippen LogP contribution < -0.4 is 9.80 Å². The number of aromatic hydroxyl groups is 1. The molecule has 2 aliphatic heterocycles. The van der Waals surface area contributed by atoms with Crippen LogP contribution in [-0.4, -0.2) is 38.5 Å². The van der Waals surface area contributed by atoms with Gasteiger partial charge in [-0.15, -0.1) is 23.2 Å². The largest absolute Gasteiger partial charge is 0.508 e. The zero-order chi connectivity index (χ0) is 33.7. The Kier molecular flexibility index (Phi) is 6.89. The van der Waals surface area contributed by atoms with Gasteiger partial charge in [0, 0.05) is 11.5 Å². The van der Waals surface area contributed by atoms with Gasteiger partial charge in [0.05, 0.1) is 23.2 Å². The lowest BCUT2D eigenvalue weighted by atomic mass is 9.56. The number of anilines is 2. The Labute approximate surface area is 285 Å². The molecule has 2 aliphatic carbocycles. The number of phenols is 1. The molecule has 242 valence electrons. The molecule has 1 saturated carbocycles. The van der Waals surface area contributed by atoms with Crippen molar-refractivity contribution >= 4 is 69.0 Å². The second-order valence-corrected chi connectivity index (χ2v) is 14.2. The van der Waals surface area contributed by atoms with E-state index in [0.29, 0.717) is 22.2 Å². The highest BCUT2D eigenvalue weighted by Crippen LogP contribution is 2.67. The molecule has 2 saturated heterocycles. The molecule has 4 amide bonds. The average Bonchev–Trinajstić information content (AvgIpc) is 3.43. The minimum Gasteiger partial charge on any atom is -0.508 e. The number of amides is 4. The molecule has 0 spiro atoms. The van der Waals surface area contributed by atoms with Gasteiger partial charge >= 0.3 is 0 Å². The van der Waals surface area contributed by atoms with Crippen molar-refractivity contribution in [3.05, 3.63) is 114 Å². The summed E-state index contributed by atoms with van der Waals surface area (Å²) in [4.78, 5) is 55.3. The van der Waals surface area contributed by atoms with Crippen LogP contribution in [0, 0.1) is 23.6 Å². The molecule has 10 heteroatoms. The smallest absolute Gasteiger partial charge is 0.258 e. The molecule has 7 nitrogen and oxygen atoms in total. The average molecular weight is 684 g/mol. The Bertz CT molecular complexity index is 2100. The first-order chi connectivity index (χ1) is 23.0. The van der Waals surface area contributed by atoms with Crippen molar-refractivity contribution in [2.45, 2.75) is 41.9 Å². The van der Waals surface area contributed by atoms with Crippen LogP contribution in [0.4, 0.5) is 15.8 Å². The summed E-state index contributed by atoms with van der Waals surface area (Å²) in [5, 5.41) is 12.9. The number of allylic oxidation sites excluding steroid dienone is 2. The third-order valence-electron chi connectivity index (χ3n) is 10.7. The van der Waals surface area contributed by atoms with E-state index in [1.54, 1.807) is 30.3 Å². The van der Waals surface area contributed by atoms with Gasteiger partial charge in [-0.2, -0.15) is 0 Å². The van der Waals surface area contributed by atoms with Crippen LogP contribution in [0.15, 0.2) is 96.6 Å². The van der Waals surface area contributed by atoms with Crippen molar-refractivity contribution in [1.82, 2.24) is 0 Å². The summed E-state index contributed by atoms with van der Waals surface area (Å²) in [6, 6.07) is 22.7. The van der Waals surface area contributed by atoms with Crippen LogP contribution in [-0.2, 0) is 25.6 Å². The van der Waals surface area contributed by atoms with Crippen molar-refractivity contribution in [3.8, 4) is 5.75 Å². The normalized spacial score (nSPS) is 29.6. The fourth-order valence-electron chi connectivity index (χ4n) is 8.44. The molecular weight excluding hydrogens is 654 g/mol. The number of hydrogen-bond donors (Lipinski definition) is 1. The summed E-state index contributed by atoms with van der Waals surface area (Å²) in [6.45, 7) is 2.02. The summed E-state index contributed by atoms with van der Waals surface area (Å²) in [5.74, 6) is -6.65. The molecule has 8 rings (SSSR count). The van der Waals surface area contributed by atoms with Crippen molar-refractivity contribution in [2.24, 2.45) is 17.8 Å². The van der Waals surface area contributed by atoms with Crippen molar-refractivity contribution in [2.75, 3.05) is 9.80 Å². The molecule has 2 heterocycles. The number of fused-ring (bicyclic) bond motifs is 5. The van der Waals surface area contributed by atoms with Gasteiger partial charge < -0.3 is 5.11 Å². The highest BCUT2D eigenvalue weighted by atomic mass is 35.5. The van der Waals surface area contributed by atoms with Crippen molar-refractivity contribution < 1.29 is 28.7 Å². The molecule has 1 N–H and O–H groups in total. The quantitative estimate of drug-likeness (QED) is 0.142. The molecule has 48 heavy (non-hydrogen) atoms. The van der Waals surface area contributed by atoms with Crippen LogP contribution >= 0.6 is 23.2 Å². The Morgan fingerprint density at radius 3 is 2.19 bits per heavy atom. The number of carbonyl (C=O) groups is 4. The Balaban J connectivity index is 1.33. The van der Waals surface area contributed by atoms with Crippen LogP contribution in [0.1, 0.15) is 36.8 Å². The van der Waals surface area contributed by atoms with Gasteiger partial charge in [0.25, 0.3) is 11.8 Å². The number of hydrogen-bond acceptors (Lipinski definition) is 5. The third-order valence-corrected chi connectivity index (χ3v) is 12.1. The highest BCUT2D eigenvalue weighted by molar-refractivity contribution is 6.58. The maximum atomic E-state index is 14.7. The molecule has 4 aliphatic rings. The molecule has 4 aromatic carbocycles. The van der Waals surface area contributed by atoms with Gasteiger partial charge in [0.1, 0.15) is 11.6 Å². The summed E-state index contributed by atoms with van der Waals surface area (Å²) in [6.07, 6.45) is 2.62. The number of nitrogens with zero attached hydrogens (tertiary/aromatic N) is 2. The van der Waals surface area contributed by atoms with Crippen molar-refractivity contribution in [3.63, 3.8) is 0 Å². The maximum absolute atomic E-state index is 14.7. The lowest BCUT2D eigenvalue weighted by Crippen LogP contribution is -2.60. The standard InChI is InChI=1S/C38H29Cl2FN2O5/c1-2-20-7-12-23(13-8-20)42-33(45)27-17-16-26-28(30(27)34(42)46)19-37(39)35(47)43(24-14-10-22(41)11-15-24)36(48)38(37,40)32(26)31-25-6-4-3-5-21(25)9-18-29(31)44/h3-16,18,27-28,30,32,44H,2,17,19H2,1H3/t27-,28+,30-,32+,37+,38-/m0/s1. The monoisotopic (exact) mass is 682 g/mol. The van der Waals surface area contributed by atoms with E-state index in [0.717, 1.165) is 34.4 Å². The predicted octanol–water partition coefficient (Wildman–Crippen LogP) is 7.01. The number of phenolic OH excluding ortho intramolecular Hbond substituents is 1. The van der Waals surface area contributed by atoms with Gasteiger partial charge in [-0.3, -0.25) is 24.1 Å². The third kappa shape index (κ3) is 3.99. The number of benzene rings is 4. The van der Waals surface area contributed by atoms with Crippen LogP contribution in [0.3, 0.4) is 0 Å². The second kappa shape index (κ2) is 10.7. The SMILES string of the molecule is CCc1ccc(N2C(=O)[C@H]3[C@H](CC=C4[C@H]3C[C@@]3(Cl)C(=O)N(c5ccc(F)cc5)C(=O)[C@@]3(Cl)[C@H]4c3c(O)ccc4ccccc34)C2=O)cc1. The molecule has 3 fully saturated rings. The Morgan fingerprint density at radius 2 is 1.48 bits per heavy atom. The number of rotatable bonds is 4. The number of aryl methyl sites for hydroxylation is 1. The summed E-state index contributed by atoms with van der Waals surface area (Å²) in [7, 11) is 0. The second-order valence-electron chi connectivity index (χ2n) is 13.0. The van der Waals surface area contributed by atoms with E-state index >= 15 is 0 Å². The van der Waals surface area contributed by atoms with Crippen LogP contribution in [0.2, 0.25) is 0 Å². The predicted molar refractivity (Wildman–Crippen MR) is 181 cm³/mol. The number of imide groups is 2. The lowest BCUT2D eigenvalue weighted by Gasteiger charge is -2.51. The van der Waals surface area contributed by atoms with Gasteiger partial charge in [-0.25, -0.2) is 9.29 Å². The van der Waals surface area contributed by atoms with Crippen LogP contribution in [0.5, 0.6) is 5.75 Å². The summed E-state index contributed by atoms with van der Waals surface area (Å²) in [5.41, 5.74) is 2.47. The highest BCUT2D eigenvalue weighted by Gasteiger charge is 2.77. The fourth-order valence-corrected chi connectivity index (χ4v) is 9.36. The number of carbonyl (C=O) groups excluding carboxylic acids is 4. The first-order valence-corrected chi connectivity index (χ1v) is 16.7. The number of alkyl halides is 2. The lowest BCUT2D eigenvalue weighted by molar-refractivity contribution is -0.125. The van der Waals surface area contributed by atoms with E-state index in [4.69, 9.17) is 23.2 Å². The first-order valence-electron chi connectivity index (χ1n) is 15.9. The molecule has 4 aromatic rings. The Hall–Kier alpha value is -4.53. The van der Waals surface area contributed by atoms with Gasteiger partial charge in [0.15, 0.2) is 9.75 Å². The molecule has 0 aromatic heterocycles. The molecule has 0 unspecified atom stereocenters. The van der Waals surface area contributed by atoms with Crippen LogP contribution in [0.25, 0.3) is 10.8 Å². The van der Waals surface area contributed by atoms with Gasteiger partial charge in [0.2, 0.25) is 11.8 Å². The van der Waals surface area contributed by atoms with E-state index < -0.39 is 57.0 Å². The van der Waals surface area contributed by atoms with Gasteiger partial charge in [-0.05, 0) is 84.0 Å². The number of halogens is 3. The van der Waals surface area contributed by atoms with E-state index in [-0.39, 0.29) is 30.2 Å². The summed E-state index contributed by atoms with van der Waals surface area (Å²) < 4.78 is 13.9.